The first-order valence-corrected chi connectivity index (χ1v) is 4.80. The van der Waals surface area contributed by atoms with Crippen molar-refractivity contribution >= 4 is 24.0 Å². The Morgan fingerprint density at radius 2 is 1.71 bits per heavy atom. The summed E-state index contributed by atoms with van der Waals surface area (Å²) in [6.45, 7) is 6.34. The Morgan fingerprint density at radius 1 is 1.21 bits per heavy atom. The van der Waals surface area contributed by atoms with E-state index in [0.29, 0.717) is 0 Å². The molecule has 1 aromatic rings. The SMILES string of the molecule is CC(C)(C)[C@@H](N)c1ccccc1Cl.Cl. The van der Waals surface area contributed by atoms with Crippen LogP contribution in [0.4, 0.5) is 0 Å². The third-order valence-electron chi connectivity index (χ3n) is 2.17. The average Bonchev–Trinajstić information content (AvgIpc) is 2.02. The normalized spacial score (nSPS) is 13.2. The molecule has 0 heterocycles. The zero-order valence-electron chi connectivity index (χ0n) is 8.75. The van der Waals surface area contributed by atoms with Crippen molar-refractivity contribution in [3.05, 3.63) is 34.9 Å². The van der Waals surface area contributed by atoms with Gasteiger partial charge in [0.1, 0.15) is 0 Å². The number of halogens is 2. The van der Waals surface area contributed by atoms with E-state index in [9.17, 15) is 0 Å². The lowest BCUT2D eigenvalue weighted by molar-refractivity contribution is 0.327. The van der Waals surface area contributed by atoms with Gasteiger partial charge in [-0.2, -0.15) is 0 Å². The maximum atomic E-state index is 6.09. The maximum absolute atomic E-state index is 6.09. The van der Waals surface area contributed by atoms with Gasteiger partial charge in [-0.25, -0.2) is 0 Å². The van der Waals surface area contributed by atoms with Crippen molar-refractivity contribution in [2.24, 2.45) is 11.1 Å². The van der Waals surface area contributed by atoms with Crippen molar-refractivity contribution in [2.75, 3.05) is 0 Å². The third-order valence-corrected chi connectivity index (χ3v) is 2.52. The molecule has 0 fully saturated rings. The van der Waals surface area contributed by atoms with Crippen molar-refractivity contribution < 1.29 is 0 Å². The van der Waals surface area contributed by atoms with E-state index in [-0.39, 0.29) is 23.9 Å². The maximum Gasteiger partial charge on any atom is 0.0453 e. The summed E-state index contributed by atoms with van der Waals surface area (Å²) in [5.41, 5.74) is 7.16. The Morgan fingerprint density at radius 3 is 2.14 bits per heavy atom. The summed E-state index contributed by atoms with van der Waals surface area (Å²) in [4.78, 5) is 0. The molecule has 1 rings (SSSR count). The Kier molecular flexibility index (Phi) is 4.93. The van der Waals surface area contributed by atoms with Crippen LogP contribution in [0.25, 0.3) is 0 Å². The molecule has 0 aliphatic heterocycles. The molecule has 0 radical (unpaired) electrons. The van der Waals surface area contributed by atoms with Gasteiger partial charge in [-0.3, -0.25) is 0 Å². The fraction of sp³-hybridized carbons (Fsp3) is 0.455. The highest BCUT2D eigenvalue weighted by atomic mass is 35.5. The van der Waals surface area contributed by atoms with Crippen LogP contribution in [-0.2, 0) is 0 Å². The van der Waals surface area contributed by atoms with Gasteiger partial charge in [0.05, 0.1) is 0 Å². The molecule has 0 amide bonds. The predicted molar refractivity (Wildman–Crippen MR) is 65.1 cm³/mol. The Hall–Kier alpha value is -0.240. The van der Waals surface area contributed by atoms with E-state index < -0.39 is 0 Å². The second-order valence-corrected chi connectivity index (χ2v) is 4.77. The van der Waals surface area contributed by atoms with E-state index in [1.54, 1.807) is 0 Å². The monoisotopic (exact) mass is 233 g/mol. The molecule has 2 N–H and O–H groups in total. The van der Waals surface area contributed by atoms with Gasteiger partial charge in [-0.1, -0.05) is 50.6 Å². The van der Waals surface area contributed by atoms with Crippen molar-refractivity contribution in [3.8, 4) is 0 Å². The van der Waals surface area contributed by atoms with Gasteiger partial charge in [-0.15, -0.1) is 12.4 Å². The van der Waals surface area contributed by atoms with Gasteiger partial charge in [-0.05, 0) is 17.0 Å². The Bertz CT molecular complexity index is 292. The summed E-state index contributed by atoms with van der Waals surface area (Å²) in [6, 6.07) is 7.73. The van der Waals surface area contributed by atoms with Crippen LogP contribution in [0, 0.1) is 5.41 Å². The smallest absolute Gasteiger partial charge is 0.0453 e. The fourth-order valence-electron chi connectivity index (χ4n) is 1.19. The molecule has 3 heteroatoms. The molecule has 0 bridgehead atoms. The summed E-state index contributed by atoms with van der Waals surface area (Å²) in [6.07, 6.45) is 0. The summed E-state index contributed by atoms with van der Waals surface area (Å²) in [5, 5.41) is 0.755. The van der Waals surface area contributed by atoms with E-state index in [1.807, 2.05) is 24.3 Å². The van der Waals surface area contributed by atoms with Crippen LogP contribution in [0.15, 0.2) is 24.3 Å². The van der Waals surface area contributed by atoms with Crippen LogP contribution in [-0.4, -0.2) is 0 Å². The molecular formula is C11H17Cl2N. The molecule has 0 unspecified atom stereocenters. The first-order valence-electron chi connectivity index (χ1n) is 4.43. The summed E-state index contributed by atoms with van der Waals surface area (Å²) >= 11 is 6.05. The molecule has 0 aliphatic rings. The van der Waals surface area contributed by atoms with Crippen LogP contribution in [0.5, 0.6) is 0 Å². The first-order chi connectivity index (χ1) is 5.93. The van der Waals surface area contributed by atoms with E-state index in [0.717, 1.165) is 10.6 Å². The van der Waals surface area contributed by atoms with Crippen LogP contribution in [0.3, 0.4) is 0 Å². The van der Waals surface area contributed by atoms with Gasteiger partial charge in [0.25, 0.3) is 0 Å². The number of nitrogens with two attached hydrogens (primary N) is 1. The minimum absolute atomic E-state index is 0. The molecule has 0 aliphatic carbocycles. The topological polar surface area (TPSA) is 26.0 Å². The van der Waals surface area contributed by atoms with Crippen molar-refractivity contribution in [1.82, 2.24) is 0 Å². The number of hydrogen-bond donors (Lipinski definition) is 1. The lowest BCUT2D eigenvalue weighted by Gasteiger charge is -2.28. The van der Waals surface area contributed by atoms with Gasteiger partial charge < -0.3 is 5.73 Å². The Labute approximate surface area is 97.1 Å². The minimum Gasteiger partial charge on any atom is -0.323 e. The molecule has 14 heavy (non-hydrogen) atoms. The summed E-state index contributed by atoms with van der Waals surface area (Å²) < 4.78 is 0. The zero-order valence-corrected chi connectivity index (χ0v) is 10.3. The lowest BCUT2D eigenvalue weighted by atomic mass is 9.83. The Balaban J connectivity index is 0.00000169. The quantitative estimate of drug-likeness (QED) is 0.785. The van der Waals surface area contributed by atoms with Crippen molar-refractivity contribution in [2.45, 2.75) is 26.8 Å². The first kappa shape index (κ1) is 13.8. The highest BCUT2D eigenvalue weighted by Gasteiger charge is 2.23. The molecule has 0 saturated heterocycles. The molecule has 0 spiro atoms. The number of benzene rings is 1. The van der Waals surface area contributed by atoms with Crippen molar-refractivity contribution in [3.63, 3.8) is 0 Å². The molecule has 0 saturated carbocycles. The van der Waals surface area contributed by atoms with E-state index >= 15 is 0 Å². The van der Waals surface area contributed by atoms with Crippen LogP contribution in [0.1, 0.15) is 32.4 Å². The lowest BCUT2D eigenvalue weighted by Crippen LogP contribution is -2.26. The molecule has 1 aromatic carbocycles. The molecular weight excluding hydrogens is 217 g/mol. The zero-order chi connectivity index (χ0) is 10.1. The molecule has 0 aromatic heterocycles. The average molecular weight is 234 g/mol. The van der Waals surface area contributed by atoms with E-state index in [1.165, 1.54) is 0 Å². The molecule has 80 valence electrons. The number of hydrogen-bond acceptors (Lipinski definition) is 1. The standard InChI is InChI=1S/C11H16ClN.ClH/c1-11(2,3)10(13)8-6-4-5-7-9(8)12;/h4-7,10H,13H2,1-3H3;1H/t10-;/m0./s1. The molecule has 1 atom stereocenters. The van der Waals surface area contributed by atoms with Gasteiger partial charge >= 0.3 is 0 Å². The van der Waals surface area contributed by atoms with Gasteiger partial charge in [0.2, 0.25) is 0 Å². The van der Waals surface area contributed by atoms with Crippen LogP contribution < -0.4 is 5.73 Å². The predicted octanol–water partition coefficient (Wildman–Crippen LogP) is 3.81. The van der Waals surface area contributed by atoms with Crippen LogP contribution >= 0.6 is 24.0 Å². The van der Waals surface area contributed by atoms with Crippen molar-refractivity contribution in [1.29, 1.82) is 0 Å². The minimum atomic E-state index is -0.0128. The fourth-order valence-corrected chi connectivity index (χ4v) is 1.45. The van der Waals surface area contributed by atoms with Crippen LogP contribution in [0.2, 0.25) is 5.02 Å². The molecule has 1 nitrogen and oxygen atoms in total. The third kappa shape index (κ3) is 3.16. The van der Waals surface area contributed by atoms with Gasteiger partial charge in [0.15, 0.2) is 0 Å². The second kappa shape index (κ2) is 5.01. The highest BCUT2D eigenvalue weighted by Crippen LogP contribution is 2.33. The van der Waals surface area contributed by atoms with Gasteiger partial charge in [0, 0.05) is 11.1 Å². The number of rotatable bonds is 1. The van der Waals surface area contributed by atoms with E-state index in [4.69, 9.17) is 17.3 Å². The highest BCUT2D eigenvalue weighted by molar-refractivity contribution is 6.31. The summed E-state index contributed by atoms with van der Waals surface area (Å²) in [7, 11) is 0. The second-order valence-electron chi connectivity index (χ2n) is 4.37. The largest absolute Gasteiger partial charge is 0.323 e. The summed E-state index contributed by atoms with van der Waals surface area (Å²) in [5.74, 6) is 0. The van der Waals surface area contributed by atoms with E-state index in [2.05, 4.69) is 20.8 Å².